The molecule has 2 aliphatic rings. The molecule has 0 spiro atoms. The minimum atomic E-state index is -3.88. The van der Waals surface area contributed by atoms with Crippen LogP contribution in [0.25, 0.3) is 0 Å². The van der Waals surface area contributed by atoms with Gasteiger partial charge in [0.2, 0.25) is 9.84 Å². The molecular formula is C23H17NO4S. The molecule has 5 rings (SSSR count). The van der Waals surface area contributed by atoms with Gasteiger partial charge in [0.05, 0.1) is 9.79 Å². The molecule has 2 heterocycles. The molecule has 144 valence electrons. The Balaban J connectivity index is 1.63. The summed E-state index contributed by atoms with van der Waals surface area (Å²) in [5.41, 5.74) is 2.45. The summed E-state index contributed by atoms with van der Waals surface area (Å²) in [5, 5.41) is 0. The third-order valence-electron chi connectivity index (χ3n) is 5.61. The fraction of sp³-hybridized carbons (Fsp3) is 0.130. The van der Waals surface area contributed by atoms with Crippen LogP contribution in [0.2, 0.25) is 0 Å². The molecule has 5 nitrogen and oxygen atoms in total. The molecule has 6 heteroatoms. The molecule has 0 bridgehead atoms. The first-order valence-electron chi connectivity index (χ1n) is 9.34. The molecule has 1 amide bonds. The minimum Gasteiger partial charge on any atom is -0.305 e. The molecule has 3 aromatic rings. The second kappa shape index (κ2) is 6.12. The van der Waals surface area contributed by atoms with Gasteiger partial charge in [-0.3, -0.25) is 9.59 Å². The van der Waals surface area contributed by atoms with Crippen LogP contribution in [0.4, 0.5) is 5.69 Å². The van der Waals surface area contributed by atoms with Gasteiger partial charge >= 0.3 is 0 Å². The van der Waals surface area contributed by atoms with Crippen molar-refractivity contribution in [2.24, 2.45) is 0 Å². The average molecular weight is 403 g/mol. The van der Waals surface area contributed by atoms with E-state index in [-0.39, 0.29) is 44.2 Å². The van der Waals surface area contributed by atoms with Gasteiger partial charge in [0, 0.05) is 28.4 Å². The van der Waals surface area contributed by atoms with E-state index in [2.05, 4.69) is 0 Å². The molecule has 0 aromatic heterocycles. The van der Waals surface area contributed by atoms with Gasteiger partial charge in [-0.2, -0.15) is 0 Å². The summed E-state index contributed by atoms with van der Waals surface area (Å²) in [6.45, 7) is 1.97. The van der Waals surface area contributed by atoms with Crippen LogP contribution >= 0.6 is 0 Å². The maximum absolute atomic E-state index is 13.3. The van der Waals surface area contributed by atoms with Crippen LogP contribution in [0.15, 0.2) is 76.5 Å². The van der Waals surface area contributed by atoms with Gasteiger partial charge in [-0.15, -0.1) is 0 Å². The Labute approximate surface area is 168 Å². The summed E-state index contributed by atoms with van der Waals surface area (Å²) in [4.78, 5) is 27.7. The second-order valence-corrected chi connectivity index (χ2v) is 9.28. The molecule has 3 aromatic carbocycles. The maximum atomic E-state index is 13.3. The number of carbonyl (C=O) groups is 2. The highest BCUT2D eigenvalue weighted by Crippen LogP contribution is 2.37. The van der Waals surface area contributed by atoms with Crippen LogP contribution in [-0.4, -0.2) is 26.2 Å². The summed E-state index contributed by atoms with van der Waals surface area (Å²) in [6.07, 6.45) is 0.747. The van der Waals surface area contributed by atoms with Gasteiger partial charge in [-0.1, -0.05) is 30.3 Å². The number of rotatable bonds is 1. The lowest BCUT2D eigenvalue weighted by molar-refractivity contribution is 0.0978. The lowest BCUT2D eigenvalue weighted by Crippen LogP contribution is -2.36. The Kier molecular flexibility index (Phi) is 3.76. The number of benzene rings is 3. The zero-order chi connectivity index (χ0) is 20.3. The van der Waals surface area contributed by atoms with E-state index in [0.717, 1.165) is 17.7 Å². The fourth-order valence-corrected chi connectivity index (χ4v) is 5.91. The van der Waals surface area contributed by atoms with E-state index >= 15 is 0 Å². The molecule has 0 fully saturated rings. The van der Waals surface area contributed by atoms with Crippen molar-refractivity contribution in [2.45, 2.75) is 29.2 Å². The van der Waals surface area contributed by atoms with Gasteiger partial charge < -0.3 is 4.90 Å². The van der Waals surface area contributed by atoms with Gasteiger partial charge in [0.15, 0.2) is 5.78 Å². The van der Waals surface area contributed by atoms with E-state index in [4.69, 9.17) is 0 Å². The third kappa shape index (κ3) is 2.49. The number of carbonyl (C=O) groups excluding carboxylic acids is 2. The molecule has 0 saturated heterocycles. The van der Waals surface area contributed by atoms with Crippen molar-refractivity contribution in [3.8, 4) is 0 Å². The lowest BCUT2D eigenvalue weighted by Gasteiger charge is -2.24. The summed E-state index contributed by atoms with van der Waals surface area (Å²) in [6, 6.07) is 18.2. The molecular weight excluding hydrogens is 386 g/mol. The number of anilines is 1. The van der Waals surface area contributed by atoms with Gasteiger partial charge in [0.25, 0.3) is 5.91 Å². The predicted octanol–water partition coefficient (Wildman–Crippen LogP) is 3.66. The summed E-state index contributed by atoms with van der Waals surface area (Å²) in [5.74, 6) is -0.615. The zero-order valence-corrected chi connectivity index (χ0v) is 16.4. The van der Waals surface area contributed by atoms with E-state index in [1.165, 1.54) is 30.3 Å². The largest absolute Gasteiger partial charge is 0.305 e. The number of sulfone groups is 1. The number of ketones is 1. The highest BCUT2D eigenvalue weighted by atomic mass is 32.2. The van der Waals surface area contributed by atoms with Crippen molar-refractivity contribution in [1.29, 1.82) is 0 Å². The van der Waals surface area contributed by atoms with Crippen LogP contribution in [0.5, 0.6) is 0 Å². The molecule has 0 N–H and O–H groups in total. The topological polar surface area (TPSA) is 71.5 Å². The molecule has 0 aliphatic carbocycles. The minimum absolute atomic E-state index is 0.0121. The Morgan fingerprint density at radius 3 is 2.45 bits per heavy atom. The second-order valence-electron chi connectivity index (χ2n) is 7.40. The Morgan fingerprint density at radius 1 is 0.931 bits per heavy atom. The average Bonchev–Trinajstić information content (AvgIpc) is 3.07. The van der Waals surface area contributed by atoms with Gasteiger partial charge in [0.1, 0.15) is 0 Å². The lowest BCUT2D eigenvalue weighted by atomic mass is 10.0. The number of para-hydroxylation sites is 1. The van der Waals surface area contributed by atoms with Crippen molar-refractivity contribution in [3.63, 3.8) is 0 Å². The van der Waals surface area contributed by atoms with Crippen LogP contribution in [0.3, 0.4) is 0 Å². The highest BCUT2D eigenvalue weighted by Gasteiger charge is 2.36. The van der Waals surface area contributed by atoms with Crippen molar-refractivity contribution in [3.05, 3.63) is 89.0 Å². The maximum Gasteiger partial charge on any atom is 0.258 e. The van der Waals surface area contributed by atoms with Crippen molar-refractivity contribution < 1.29 is 18.0 Å². The van der Waals surface area contributed by atoms with E-state index in [9.17, 15) is 18.0 Å². The summed E-state index contributed by atoms with van der Waals surface area (Å²) in [7, 11) is -3.88. The number of nitrogens with zero attached hydrogens (tertiary/aromatic N) is 1. The number of amides is 1. The van der Waals surface area contributed by atoms with E-state index in [1.807, 2.05) is 31.2 Å². The first-order chi connectivity index (χ1) is 13.9. The molecule has 0 radical (unpaired) electrons. The zero-order valence-electron chi connectivity index (χ0n) is 15.6. The standard InChI is InChI=1S/C23H17NO4S/c1-14-12-15-6-2-4-8-19(15)24(14)23(26)16-10-11-18-21(13-16)29(27,28)20-9-5-3-7-17(20)22(18)25/h2-11,13-14H,12H2,1H3. The Morgan fingerprint density at radius 2 is 1.62 bits per heavy atom. The van der Waals surface area contributed by atoms with E-state index in [0.29, 0.717) is 0 Å². The smallest absolute Gasteiger partial charge is 0.258 e. The third-order valence-corrected chi connectivity index (χ3v) is 7.46. The van der Waals surface area contributed by atoms with Crippen LogP contribution in [-0.2, 0) is 16.3 Å². The highest BCUT2D eigenvalue weighted by molar-refractivity contribution is 7.91. The van der Waals surface area contributed by atoms with Crippen LogP contribution < -0.4 is 4.90 Å². The van der Waals surface area contributed by atoms with Crippen molar-refractivity contribution in [1.82, 2.24) is 0 Å². The fourth-order valence-electron chi connectivity index (χ4n) is 4.23. The monoisotopic (exact) mass is 403 g/mol. The van der Waals surface area contributed by atoms with Crippen LogP contribution in [0.1, 0.15) is 38.8 Å². The SMILES string of the molecule is CC1Cc2ccccc2N1C(=O)c1ccc2c(c1)S(=O)(=O)c1ccccc1C2=O. The van der Waals surface area contributed by atoms with E-state index < -0.39 is 9.84 Å². The predicted molar refractivity (Wildman–Crippen MR) is 108 cm³/mol. The number of fused-ring (bicyclic) bond motifs is 3. The quantitative estimate of drug-likeness (QED) is 0.486. The summed E-state index contributed by atoms with van der Waals surface area (Å²) >= 11 is 0. The molecule has 2 aliphatic heterocycles. The first kappa shape index (κ1) is 17.8. The summed E-state index contributed by atoms with van der Waals surface area (Å²) < 4.78 is 26.2. The van der Waals surface area contributed by atoms with Gasteiger partial charge in [-0.25, -0.2) is 8.42 Å². The molecule has 29 heavy (non-hydrogen) atoms. The van der Waals surface area contributed by atoms with Crippen molar-refractivity contribution in [2.75, 3.05) is 4.90 Å². The first-order valence-corrected chi connectivity index (χ1v) is 10.8. The normalized spacial score (nSPS) is 18.7. The molecule has 1 atom stereocenters. The Hall–Kier alpha value is -3.25. The van der Waals surface area contributed by atoms with Crippen molar-refractivity contribution >= 4 is 27.2 Å². The number of hydrogen-bond donors (Lipinski definition) is 0. The number of hydrogen-bond acceptors (Lipinski definition) is 4. The van der Waals surface area contributed by atoms with E-state index in [1.54, 1.807) is 17.0 Å². The van der Waals surface area contributed by atoms with Gasteiger partial charge in [-0.05, 0) is 55.3 Å². The molecule has 0 saturated carbocycles. The Bertz CT molecular complexity index is 1310. The van der Waals surface area contributed by atoms with Crippen LogP contribution in [0, 0.1) is 0 Å². The molecule has 1 unspecified atom stereocenters.